The van der Waals surface area contributed by atoms with Crippen molar-refractivity contribution in [3.63, 3.8) is 0 Å². The van der Waals surface area contributed by atoms with Gasteiger partial charge in [0.2, 0.25) is 0 Å². The monoisotopic (exact) mass is 662 g/mol. The molecule has 14 N–H and O–H groups in total. The second-order valence-electron chi connectivity index (χ2n) is 0. The fourth-order valence-corrected chi connectivity index (χ4v) is 0. The average molecular weight is 659 g/mol. The van der Waals surface area contributed by atoms with Gasteiger partial charge in [0.25, 0.3) is 0 Å². The Hall–Kier alpha value is 3.58. The van der Waals surface area contributed by atoms with Crippen molar-refractivity contribution in [2.24, 2.45) is 0 Å². The second kappa shape index (κ2) is 210. The summed E-state index contributed by atoms with van der Waals surface area (Å²) in [5.41, 5.74) is 0. The summed E-state index contributed by atoms with van der Waals surface area (Å²) in [5, 5.41) is 0. The molecule has 0 aromatic carbocycles. The Morgan fingerprint density at radius 2 is 0.333 bits per heavy atom. The fourth-order valence-electron chi connectivity index (χ4n) is 0. The molecule has 0 amide bonds. The molecule has 0 heterocycles. The summed E-state index contributed by atoms with van der Waals surface area (Å²) in [6.07, 6.45) is 0. The molecule has 12 heteroatoms. The number of hydrogen-bond donors (Lipinski definition) is 0. The van der Waals surface area contributed by atoms with Crippen LogP contribution in [0.4, 0.5) is 0 Å². The van der Waals surface area contributed by atoms with Crippen LogP contribution in [0.25, 0.3) is 0 Å². The van der Waals surface area contributed by atoms with Crippen molar-refractivity contribution < 1.29 is 55.4 Å². The van der Waals surface area contributed by atoms with E-state index in [4.69, 9.17) is 0 Å². The third-order valence-electron chi connectivity index (χ3n) is 0. The van der Waals surface area contributed by atoms with Gasteiger partial charge in [-0.25, -0.2) is 0 Å². The van der Waals surface area contributed by atoms with Crippen LogP contribution in [0.1, 0.15) is 0 Å². The Balaban J connectivity index is 0. The SMILES string of the molecule is O.O.O.O.O.O.O.[Fe].[InH3].[InH3].[SnH2].[SnH2]. The molecular formula is H24FeIn2O7Sn2. The molecule has 12 heavy (non-hydrogen) atoms. The molecule has 0 atom stereocenters. The first-order chi connectivity index (χ1) is 0. The Labute approximate surface area is 152 Å². The predicted octanol–water partition coefficient (Wildman–Crippen LogP) is -9.98. The van der Waals surface area contributed by atoms with Crippen LogP contribution in [0.15, 0.2) is 0 Å². The van der Waals surface area contributed by atoms with Crippen molar-refractivity contribution in [2.45, 2.75) is 0 Å². The summed E-state index contributed by atoms with van der Waals surface area (Å²) >= 11 is 0. The Morgan fingerprint density at radius 1 is 0.333 bits per heavy atom. The van der Waals surface area contributed by atoms with E-state index >= 15 is 0 Å². The molecule has 0 spiro atoms. The van der Waals surface area contributed by atoms with Gasteiger partial charge in [-0.1, -0.05) is 0 Å². The van der Waals surface area contributed by atoms with E-state index in [9.17, 15) is 0 Å². The first kappa shape index (κ1) is 259. The summed E-state index contributed by atoms with van der Waals surface area (Å²) in [4.78, 5) is 0. The predicted molar refractivity (Wildman–Crippen MR) is 62.3 cm³/mol. The maximum atomic E-state index is 0. The zero-order valence-electron chi connectivity index (χ0n) is 5.27. The molecule has 0 saturated heterocycles. The minimum absolute atomic E-state index is 0. The third-order valence-corrected chi connectivity index (χ3v) is 0. The second-order valence-corrected chi connectivity index (χ2v) is 0. The molecule has 88 valence electrons. The average Bonchev–Trinajstić information content (AvgIpc) is 0. The van der Waals surface area contributed by atoms with Gasteiger partial charge in [0, 0.05) is 17.1 Å². The van der Waals surface area contributed by atoms with Gasteiger partial charge in [0.15, 0.2) is 0 Å². The molecule has 0 aliphatic heterocycles. The first-order valence-corrected chi connectivity index (χ1v) is 0. The van der Waals surface area contributed by atoms with Crippen molar-refractivity contribution in [2.75, 3.05) is 0 Å². The van der Waals surface area contributed by atoms with Crippen LogP contribution in [0.5, 0.6) is 0 Å². The molecule has 4 radical (unpaired) electrons. The van der Waals surface area contributed by atoms with Crippen LogP contribution in [-0.4, -0.2) is 138 Å². The molecule has 0 bridgehead atoms. The van der Waals surface area contributed by atoms with E-state index in [1.54, 1.807) is 0 Å². The van der Waals surface area contributed by atoms with Crippen LogP contribution in [0.2, 0.25) is 0 Å². The van der Waals surface area contributed by atoms with Gasteiger partial charge in [0.05, 0.1) is 0 Å². The molecule has 0 aliphatic rings. The van der Waals surface area contributed by atoms with Crippen LogP contribution in [-0.2, 0) is 17.1 Å². The maximum absolute atomic E-state index is 0. The quantitative estimate of drug-likeness (QED) is 0.221. The van der Waals surface area contributed by atoms with E-state index < -0.39 is 0 Å². The first-order valence-electron chi connectivity index (χ1n) is 0. The van der Waals surface area contributed by atoms with Gasteiger partial charge in [0.1, 0.15) is 0 Å². The zero-order valence-corrected chi connectivity index (χ0v) is 14.4. The molecule has 0 unspecified atom stereocenters. The van der Waals surface area contributed by atoms with E-state index in [1.165, 1.54) is 0 Å². The Bertz CT molecular complexity index is 19.4. The van der Waals surface area contributed by atoms with E-state index in [1.807, 2.05) is 0 Å². The van der Waals surface area contributed by atoms with Crippen LogP contribution < -0.4 is 0 Å². The molecule has 0 aromatic heterocycles. The Morgan fingerprint density at radius 3 is 0.333 bits per heavy atom. The summed E-state index contributed by atoms with van der Waals surface area (Å²) in [6.45, 7) is 0. The summed E-state index contributed by atoms with van der Waals surface area (Å²) in [6, 6.07) is 0. The normalized spacial score (nSPS) is 0. The number of hydrogen-bond acceptors (Lipinski definition) is 0. The van der Waals surface area contributed by atoms with Gasteiger partial charge in [-0.05, 0) is 0 Å². The standard InChI is InChI=1S/Fe.2In.7H2O.2Sn.10H/h;;;7*1H2;;;;;;;;;;;;. The van der Waals surface area contributed by atoms with E-state index in [0.29, 0.717) is 0 Å². The Kier molecular flexibility index (Phi) is 4530. The summed E-state index contributed by atoms with van der Waals surface area (Å²) in [7, 11) is 0. The van der Waals surface area contributed by atoms with E-state index in [-0.39, 0.29) is 155 Å². The minimum atomic E-state index is 0. The molecule has 0 aliphatic carbocycles. The molecule has 0 aromatic rings. The molecule has 0 saturated carbocycles. The van der Waals surface area contributed by atoms with E-state index in [0.717, 1.165) is 0 Å². The van der Waals surface area contributed by atoms with Gasteiger partial charge < -0.3 is 38.3 Å². The van der Waals surface area contributed by atoms with Crippen LogP contribution in [0, 0.1) is 0 Å². The molecule has 0 rings (SSSR count). The van der Waals surface area contributed by atoms with Crippen molar-refractivity contribution in [3.8, 4) is 0 Å². The van der Waals surface area contributed by atoms with Crippen molar-refractivity contribution in [1.29, 1.82) is 0 Å². The fraction of sp³-hybridized carbons (Fsp3) is 0. The number of rotatable bonds is 0. The van der Waals surface area contributed by atoms with Gasteiger partial charge in [-0.15, -0.1) is 0 Å². The summed E-state index contributed by atoms with van der Waals surface area (Å²) < 4.78 is 0. The van der Waals surface area contributed by atoms with Crippen LogP contribution in [0.3, 0.4) is 0 Å². The zero-order chi connectivity index (χ0) is 0. The molecule has 7 nitrogen and oxygen atoms in total. The molecule has 0 fully saturated rings. The van der Waals surface area contributed by atoms with Gasteiger partial charge in [-0.2, -0.15) is 0 Å². The van der Waals surface area contributed by atoms with Gasteiger partial charge >= 0.3 is 99.5 Å². The molecular weight excluding hydrogens is 635 g/mol. The van der Waals surface area contributed by atoms with E-state index in [2.05, 4.69) is 0 Å². The van der Waals surface area contributed by atoms with Gasteiger partial charge in [-0.3, -0.25) is 0 Å². The van der Waals surface area contributed by atoms with Crippen molar-refractivity contribution >= 4 is 99.5 Å². The third kappa shape index (κ3) is 168. The van der Waals surface area contributed by atoms with Crippen LogP contribution >= 0.6 is 0 Å². The topological polar surface area (TPSA) is 220 Å². The van der Waals surface area contributed by atoms with Crippen molar-refractivity contribution in [1.82, 2.24) is 0 Å². The van der Waals surface area contributed by atoms with Crippen molar-refractivity contribution in [3.05, 3.63) is 0 Å². The summed E-state index contributed by atoms with van der Waals surface area (Å²) in [5.74, 6) is 0.